The van der Waals surface area contributed by atoms with Crippen LogP contribution in [0.1, 0.15) is 33.6 Å². The van der Waals surface area contributed by atoms with Crippen molar-refractivity contribution in [1.29, 1.82) is 0 Å². The fraction of sp³-hybridized carbons (Fsp3) is 0.182. The third-order valence-electron chi connectivity index (χ3n) is 4.92. The predicted octanol–water partition coefficient (Wildman–Crippen LogP) is 3.76. The van der Waals surface area contributed by atoms with E-state index in [0.717, 1.165) is 11.1 Å². The molecule has 4 rings (SSSR count). The summed E-state index contributed by atoms with van der Waals surface area (Å²) in [6.07, 6.45) is 2.42. The van der Waals surface area contributed by atoms with Gasteiger partial charge in [0, 0.05) is 37.8 Å². The molecule has 0 bridgehead atoms. The summed E-state index contributed by atoms with van der Waals surface area (Å²) in [7, 11) is 0. The molecule has 0 atom stereocenters. The van der Waals surface area contributed by atoms with Gasteiger partial charge >= 0.3 is 0 Å². The van der Waals surface area contributed by atoms with Gasteiger partial charge in [0.05, 0.1) is 5.71 Å². The van der Waals surface area contributed by atoms with Gasteiger partial charge in [-0.25, -0.2) is 0 Å². The first kappa shape index (κ1) is 17.1. The number of hydrogen-bond acceptors (Lipinski definition) is 3. The summed E-state index contributed by atoms with van der Waals surface area (Å²) in [4.78, 5) is 15.2. The van der Waals surface area contributed by atoms with Crippen LogP contribution in [0.2, 0.25) is 0 Å². The van der Waals surface area contributed by atoms with Crippen molar-refractivity contribution in [2.24, 2.45) is 5.16 Å². The third-order valence-corrected chi connectivity index (χ3v) is 4.92. The van der Waals surface area contributed by atoms with E-state index in [0.29, 0.717) is 43.0 Å². The van der Waals surface area contributed by atoms with Crippen molar-refractivity contribution in [2.45, 2.75) is 19.5 Å². The Morgan fingerprint density at radius 3 is 2.15 bits per heavy atom. The Morgan fingerprint density at radius 1 is 0.889 bits per heavy atom. The lowest BCUT2D eigenvalue weighted by Crippen LogP contribution is -2.32. The van der Waals surface area contributed by atoms with Crippen LogP contribution in [0.15, 0.2) is 78.1 Å². The van der Waals surface area contributed by atoms with E-state index >= 15 is 0 Å². The SMILES string of the molecule is O=C1c2c(ccn2Cc2ccccc2)/C(=N/O)CCN1Cc1ccccc1. The van der Waals surface area contributed by atoms with Gasteiger partial charge in [0.15, 0.2) is 0 Å². The summed E-state index contributed by atoms with van der Waals surface area (Å²) < 4.78 is 1.95. The number of hydrogen-bond donors (Lipinski definition) is 1. The Bertz CT molecular complexity index is 962. The fourth-order valence-electron chi connectivity index (χ4n) is 3.54. The molecule has 136 valence electrons. The average molecular weight is 359 g/mol. The smallest absolute Gasteiger partial charge is 0.271 e. The van der Waals surface area contributed by atoms with Crippen LogP contribution >= 0.6 is 0 Å². The molecule has 1 aromatic heterocycles. The molecule has 2 heterocycles. The molecule has 27 heavy (non-hydrogen) atoms. The van der Waals surface area contributed by atoms with Gasteiger partial charge in [-0.2, -0.15) is 0 Å². The zero-order valence-electron chi connectivity index (χ0n) is 15.0. The molecule has 3 aromatic rings. The highest BCUT2D eigenvalue weighted by Crippen LogP contribution is 2.23. The monoisotopic (exact) mass is 359 g/mol. The second-order valence-corrected chi connectivity index (χ2v) is 6.70. The van der Waals surface area contributed by atoms with Gasteiger partial charge in [-0.05, 0) is 17.2 Å². The van der Waals surface area contributed by atoms with E-state index < -0.39 is 0 Å². The first-order valence-electron chi connectivity index (χ1n) is 9.04. The number of rotatable bonds is 4. The Morgan fingerprint density at radius 2 is 1.52 bits per heavy atom. The lowest BCUT2D eigenvalue weighted by molar-refractivity contribution is 0.0741. The van der Waals surface area contributed by atoms with E-state index in [-0.39, 0.29) is 5.91 Å². The Hall–Kier alpha value is -3.34. The van der Waals surface area contributed by atoms with E-state index in [1.807, 2.05) is 82.4 Å². The molecule has 0 spiro atoms. The van der Waals surface area contributed by atoms with Crippen molar-refractivity contribution in [3.05, 3.63) is 95.3 Å². The number of carbonyl (C=O) groups is 1. The number of nitrogens with zero attached hydrogens (tertiary/aromatic N) is 3. The second kappa shape index (κ2) is 7.50. The number of benzene rings is 2. The molecule has 0 saturated heterocycles. The zero-order chi connectivity index (χ0) is 18.6. The molecular weight excluding hydrogens is 338 g/mol. The minimum Gasteiger partial charge on any atom is -0.411 e. The van der Waals surface area contributed by atoms with E-state index in [1.54, 1.807) is 0 Å². The van der Waals surface area contributed by atoms with Crippen molar-refractivity contribution in [3.8, 4) is 0 Å². The lowest BCUT2D eigenvalue weighted by atomic mass is 10.1. The van der Waals surface area contributed by atoms with Crippen molar-refractivity contribution in [3.63, 3.8) is 0 Å². The van der Waals surface area contributed by atoms with Gasteiger partial charge in [-0.1, -0.05) is 65.8 Å². The first-order chi connectivity index (χ1) is 13.3. The molecule has 0 aliphatic carbocycles. The molecule has 1 amide bonds. The molecule has 5 heteroatoms. The summed E-state index contributed by atoms with van der Waals surface area (Å²) >= 11 is 0. The zero-order valence-corrected chi connectivity index (χ0v) is 15.0. The standard InChI is InChI=1S/C22H21N3O2/c26-22-21-19(11-13-24(21)15-17-7-3-1-4-8-17)20(23-27)12-14-25(22)16-18-9-5-2-6-10-18/h1-11,13,27H,12,14-16H2/b23-20+. The summed E-state index contributed by atoms with van der Waals surface area (Å²) in [6.45, 7) is 1.65. The fourth-order valence-corrected chi connectivity index (χ4v) is 3.54. The highest BCUT2D eigenvalue weighted by atomic mass is 16.4. The first-order valence-corrected chi connectivity index (χ1v) is 9.04. The quantitative estimate of drug-likeness (QED) is 0.570. The lowest BCUT2D eigenvalue weighted by Gasteiger charge is -2.21. The summed E-state index contributed by atoms with van der Waals surface area (Å²) in [5.41, 5.74) is 4.05. The predicted molar refractivity (Wildman–Crippen MR) is 104 cm³/mol. The minimum atomic E-state index is -0.0339. The van der Waals surface area contributed by atoms with Crippen LogP contribution in [0.4, 0.5) is 0 Å². The van der Waals surface area contributed by atoms with Gasteiger partial charge in [0.1, 0.15) is 5.69 Å². The van der Waals surface area contributed by atoms with Crippen molar-refractivity contribution in [1.82, 2.24) is 9.47 Å². The van der Waals surface area contributed by atoms with Crippen LogP contribution in [0, 0.1) is 0 Å². The number of oxime groups is 1. The van der Waals surface area contributed by atoms with Crippen molar-refractivity contribution in [2.75, 3.05) is 6.54 Å². The van der Waals surface area contributed by atoms with E-state index in [4.69, 9.17) is 0 Å². The summed E-state index contributed by atoms with van der Waals surface area (Å²) in [5.74, 6) is -0.0339. The number of fused-ring (bicyclic) bond motifs is 1. The van der Waals surface area contributed by atoms with Crippen molar-refractivity contribution >= 4 is 11.6 Å². The Balaban J connectivity index is 1.70. The van der Waals surface area contributed by atoms with Crippen LogP contribution in [0.25, 0.3) is 0 Å². The van der Waals surface area contributed by atoms with Crippen LogP contribution in [-0.2, 0) is 13.1 Å². The Kier molecular flexibility index (Phi) is 4.75. The van der Waals surface area contributed by atoms with Crippen LogP contribution in [-0.4, -0.2) is 32.8 Å². The summed E-state index contributed by atoms with van der Waals surface area (Å²) in [5, 5.41) is 12.9. The molecule has 2 aromatic carbocycles. The topological polar surface area (TPSA) is 57.8 Å². The maximum Gasteiger partial charge on any atom is 0.271 e. The van der Waals surface area contributed by atoms with Crippen molar-refractivity contribution < 1.29 is 10.0 Å². The molecule has 1 aliphatic heterocycles. The molecule has 0 radical (unpaired) electrons. The van der Waals surface area contributed by atoms with Gasteiger partial charge in [-0.15, -0.1) is 0 Å². The molecular formula is C22H21N3O2. The molecule has 0 fully saturated rings. The van der Waals surface area contributed by atoms with Gasteiger partial charge < -0.3 is 14.7 Å². The Labute approximate surface area is 158 Å². The van der Waals surface area contributed by atoms with E-state index in [9.17, 15) is 10.0 Å². The third kappa shape index (κ3) is 3.49. The second-order valence-electron chi connectivity index (χ2n) is 6.70. The van der Waals surface area contributed by atoms with Crippen LogP contribution < -0.4 is 0 Å². The molecule has 1 N–H and O–H groups in total. The average Bonchev–Trinajstić information content (AvgIpc) is 3.06. The molecule has 0 unspecified atom stereocenters. The maximum absolute atomic E-state index is 13.3. The molecule has 5 nitrogen and oxygen atoms in total. The van der Waals surface area contributed by atoms with E-state index in [2.05, 4.69) is 5.16 Å². The number of aromatic nitrogens is 1. The molecule has 1 aliphatic rings. The maximum atomic E-state index is 13.3. The minimum absolute atomic E-state index is 0.0339. The van der Waals surface area contributed by atoms with E-state index in [1.165, 1.54) is 0 Å². The van der Waals surface area contributed by atoms with Gasteiger partial charge in [0.2, 0.25) is 0 Å². The highest BCUT2D eigenvalue weighted by molar-refractivity contribution is 6.11. The molecule has 0 saturated carbocycles. The number of carbonyl (C=O) groups excluding carboxylic acids is 1. The van der Waals surface area contributed by atoms with Crippen LogP contribution in [0.5, 0.6) is 0 Å². The largest absolute Gasteiger partial charge is 0.411 e. The normalized spacial score (nSPS) is 15.6. The highest BCUT2D eigenvalue weighted by Gasteiger charge is 2.29. The number of amides is 1. The van der Waals surface area contributed by atoms with Crippen LogP contribution in [0.3, 0.4) is 0 Å². The van der Waals surface area contributed by atoms with Gasteiger partial charge in [-0.3, -0.25) is 4.79 Å². The summed E-state index contributed by atoms with van der Waals surface area (Å²) in [6, 6.07) is 21.8. The van der Waals surface area contributed by atoms with Gasteiger partial charge in [0.25, 0.3) is 5.91 Å².